The topological polar surface area (TPSA) is 57.0 Å². The summed E-state index contributed by atoms with van der Waals surface area (Å²) in [5.41, 5.74) is 8.05. The Morgan fingerprint density at radius 3 is 2.14 bits per heavy atom. The van der Waals surface area contributed by atoms with E-state index in [1.54, 1.807) is 7.11 Å². The Bertz CT molecular complexity index is 389. The fourth-order valence-corrected chi connectivity index (χ4v) is 2.13. The van der Waals surface area contributed by atoms with Gasteiger partial charge in [0, 0.05) is 44.6 Å². The first-order valence-electron chi connectivity index (χ1n) is 7.54. The Morgan fingerprint density at radius 1 is 1.05 bits per heavy atom. The van der Waals surface area contributed by atoms with Crippen molar-refractivity contribution in [3.8, 4) is 5.75 Å². The van der Waals surface area contributed by atoms with Gasteiger partial charge in [-0.15, -0.1) is 0 Å². The standard InChI is InChI=1S/C16H28N2O3/c1-4-20-10-8-18(9-11-21-5-2)16-12-15(19-3)7-6-14(16)13-17/h6-7,12H,4-5,8-11,13,17H2,1-3H3. The monoisotopic (exact) mass is 296 g/mol. The van der Waals surface area contributed by atoms with E-state index < -0.39 is 0 Å². The van der Waals surface area contributed by atoms with E-state index in [-0.39, 0.29) is 0 Å². The summed E-state index contributed by atoms with van der Waals surface area (Å²) in [6, 6.07) is 5.98. The summed E-state index contributed by atoms with van der Waals surface area (Å²) < 4.78 is 16.3. The molecule has 1 aromatic carbocycles. The molecule has 0 bridgehead atoms. The minimum absolute atomic E-state index is 0.499. The van der Waals surface area contributed by atoms with E-state index in [2.05, 4.69) is 4.90 Å². The van der Waals surface area contributed by atoms with E-state index >= 15 is 0 Å². The fourth-order valence-electron chi connectivity index (χ4n) is 2.13. The van der Waals surface area contributed by atoms with E-state index in [1.165, 1.54) is 0 Å². The maximum atomic E-state index is 5.86. The second-order valence-electron chi connectivity index (χ2n) is 4.58. The Labute approximate surface area is 128 Å². The molecule has 0 amide bonds. The van der Waals surface area contributed by atoms with Gasteiger partial charge in [0.15, 0.2) is 0 Å². The third kappa shape index (κ3) is 5.91. The van der Waals surface area contributed by atoms with Gasteiger partial charge in [0.05, 0.1) is 20.3 Å². The Morgan fingerprint density at radius 2 is 1.67 bits per heavy atom. The quantitative estimate of drug-likeness (QED) is 0.633. The lowest BCUT2D eigenvalue weighted by atomic mass is 10.1. The molecular weight excluding hydrogens is 268 g/mol. The number of rotatable bonds is 11. The molecular formula is C16H28N2O3. The Hall–Kier alpha value is -1.30. The molecule has 0 aliphatic heterocycles. The third-order valence-corrected chi connectivity index (χ3v) is 3.27. The van der Waals surface area contributed by atoms with Crippen LogP contribution in [0.2, 0.25) is 0 Å². The summed E-state index contributed by atoms with van der Waals surface area (Å²) >= 11 is 0. The highest BCUT2D eigenvalue weighted by atomic mass is 16.5. The van der Waals surface area contributed by atoms with Crippen molar-refractivity contribution < 1.29 is 14.2 Å². The van der Waals surface area contributed by atoms with Crippen LogP contribution in [0, 0.1) is 0 Å². The second-order valence-corrected chi connectivity index (χ2v) is 4.58. The van der Waals surface area contributed by atoms with Crippen molar-refractivity contribution in [3.63, 3.8) is 0 Å². The van der Waals surface area contributed by atoms with Gasteiger partial charge in [0.25, 0.3) is 0 Å². The van der Waals surface area contributed by atoms with Gasteiger partial charge < -0.3 is 24.8 Å². The predicted molar refractivity (Wildman–Crippen MR) is 86.1 cm³/mol. The fraction of sp³-hybridized carbons (Fsp3) is 0.625. The average Bonchev–Trinajstić information content (AvgIpc) is 2.53. The minimum atomic E-state index is 0.499. The van der Waals surface area contributed by atoms with Crippen molar-refractivity contribution >= 4 is 5.69 Å². The number of benzene rings is 1. The van der Waals surface area contributed by atoms with Crippen LogP contribution in [0.25, 0.3) is 0 Å². The van der Waals surface area contributed by atoms with Crippen LogP contribution in [0.1, 0.15) is 19.4 Å². The van der Waals surface area contributed by atoms with Crippen LogP contribution in [-0.2, 0) is 16.0 Å². The van der Waals surface area contributed by atoms with Gasteiger partial charge in [-0.2, -0.15) is 0 Å². The van der Waals surface area contributed by atoms with Crippen molar-refractivity contribution in [1.82, 2.24) is 0 Å². The third-order valence-electron chi connectivity index (χ3n) is 3.27. The molecule has 1 rings (SSSR count). The van der Waals surface area contributed by atoms with Crippen LogP contribution in [0.15, 0.2) is 18.2 Å². The van der Waals surface area contributed by atoms with Gasteiger partial charge >= 0.3 is 0 Å². The summed E-state index contributed by atoms with van der Waals surface area (Å²) in [4.78, 5) is 2.25. The molecule has 2 N–H and O–H groups in total. The van der Waals surface area contributed by atoms with Crippen LogP contribution >= 0.6 is 0 Å². The van der Waals surface area contributed by atoms with Crippen LogP contribution < -0.4 is 15.4 Å². The number of hydrogen-bond donors (Lipinski definition) is 1. The van der Waals surface area contributed by atoms with Gasteiger partial charge in [-0.3, -0.25) is 0 Å². The van der Waals surface area contributed by atoms with Gasteiger partial charge in [0.1, 0.15) is 5.75 Å². The first kappa shape index (κ1) is 17.8. The normalized spacial score (nSPS) is 10.7. The number of hydrogen-bond acceptors (Lipinski definition) is 5. The zero-order chi connectivity index (χ0) is 15.5. The predicted octanol–water partition coefficient (Wildman–Crippen LogP) is 2.03. The molecule has 0 aliphatic carbocycles. The van der Waals surface area contributed by atoms with Crippen LogP contribution in [0.5, 0.6) is 5.75 Å². The van der Waals surface area contributed by atoms with Crippen LogP contribution in [-0.4, -0.2) is 46.6 Å². The number of ether oxygens (including phenoxy) is 3. The first-order chi connectivity index (χ1) is 10.3. The van der Waals surface area contributed by atoms with E-state index in [1.807, 2.05) is 32.0 Å². The smallest absolute Gasteiger partial charge is 0.120 e. The molecule has 0 fully saturated rings. The molecule has 0 saturated heterocycles. The highest BCUT2D eigenvalue weighted by molar-refractivity contribution is 5.57. The van der Waals surface area contributed by atoms with E-state index in [4.69, 9.17) is 19.9 Å². The summed E-state index contributed by atoms with van der Waals surface area (Å²) in [7, 11) is 1.67. The summed E-state index contributed by atoms with van der Waals surface area (Å²) in [5.74, 6) is 0.833. The molecule has 0 atom stereocenters. The molecule has 120 valence electrons. The van der Waals surface area contributed by atoms with Crippen LogP contribution in [0.4, 0.5) is 5.69 Å². The molecule has 0 heterocycles. The van der Waals surface area contributed by atoms with E-state index in [0.717, 1.165) is 43.3 Å². The molecule has 0 spiro atoms. The molecule has 5 nitrogen and oxygen atoms in total. The van der Waals surface area contributed by atoms with Gasteiger partial charge in [-0.05, 0) is 25.5 Å². The minimum Gasteiger partial charge on any atom is -0.497 e. The molecule has 21 heavy (non-hydrogen) atoms. The maximum Gasteiger partial charge on any atom is 0.120 e. The van der Waals surface area contributed by atoms with E-state index in [9.17, 15) is 0 Å². The lowest BCUT2D eigenvalue weighted by molar-refractivity contribution is 0.141. The van der Waals surface area contributed by atoms with Gasteiger partial charge in [-0.25, -0.2) is 0 Å². The number of nitrogens with zero attached hydrogens (tertiary/aromatic N) is 1. The molecule has 0 saturated carbocycles. The van der Waals surface area contributed by atoms with Crippen molar-refractivity contribution in [1.29, 1.82) is 0 Å². The Kier molecular flexibility index (Phi) is 8.82. The summed E-state index contributed by atoms with van der Waals surface area (Å²) in [6.07, 6.45) is 0. The summed E-state index contributed by atoms with van der Waals surface area (Å²) in [6.45, 7) is 8.93. The largest absolute Gasteiger partial charge is 0.497 e. The van der Waals surface area contributed by atoms with Crippen molar-refractivity contribution in [2.75, 3.05) is 51.5 Å². The van der Waals surface area contributed by atoms with Crippen molar-refractivity contribution in [2.24, 2.45) is 5.73 Å². The molecule has 1 aromatic rings. The van der Waals surface area contributed by atoms with E-state index in [0.29, 0.717) is 19.8 Å². The number of anilines is 1. The zero-order valence-electron chi connectivity index (χ0n) is 13.4. The highest BCUT2D eigenvalue weighted by Crippen LogP contribution is 2.26. The molecule has 0 aliphatic rings. The Balaban J connectivity index is 2.87. The van der Waals surface area contributed by atoms with Crippen molar-refractivity contribution in [2.45, 2.75) is 20.4 Å². The molecule has 5 heteroatoms. The van der Waals surface area contributed by atoms with Crippen molar-refractivity contribution in [3.05, 3.63) is 23.8 Å². The van der Waals surface area contributed by atoms with Gasteiger partial charge in [-0.1, -0.05) is 6.07 Å². The highest BCUT2D eigenvalue weighted by Gasteiger charge is 2.12. The number of nitrogens with two attached hydrogens (primary N) is 1. The first-order valence-corrected chi connectivity index (χ1v) is 7.54. The van der Waals surface area contributed by atoms with Gasteiger partial charge in [0.2, 0.25) is 0 Å². The average molecular weight is 296 g/mol. The lowest BCUT2D eigenvalue weighted by Gasteiger charge is -2.27. The van der Waals surface area contributed by atoms with Crippen LogP contribution in [0.3, 0.4) is 0 Å². The molecule has 0 radical (unpaired) electrons. The summed E-state index contributed by atoms with van der Waals surface area (Å²) in [5, 5.41) is 0. The maximum absolute atomic E-state index is 5.86. The SMILES string of the molecule is CCOCCN(CCOCC)c1cc(OC)ccc1CN. The zero-order valence-corrected chi connectivity index (χ0v) is 13.4. The molecule has 0 unspecified atom stereocenters. The second kappa shape index (κ2) is 10.4. The number of methoxy groups -OCH3 is 1. The lowest BCUT2D eigenvalue weighted by Crippen LogP contribution is -2.32. The molecule has 0 aromatic heterocycles.